The fourth-order valence-corrected chi connectivity index (χ4v) is 6.51. The van der Waals surface area contributed by atoms with Crippen LogP contribution in [0.3, 0.4) is 0 Å². The maximum absolute atomic E-state index is 14.5. The summed E-state index contributed by atoms with van der Waals surface area (Å²) in [5.74, 6) is -1.55. The van der Waals surface area contributed by atoms with Crippen molar-refractivity contribution in [3.63, 3.8) is 0 Å². The van der Waals surface area contributed by atoms with Gasteiger partial charge in [0.2, 0.25) is 11.8 Å². The van der Waals surface area contributed by atoms with Gasteiger partial charge in [0.15, 0.2) is 0 Å². The Labute approximate surface area is 268 Å². The van der Waals surface area contributed by atoms with E-state index in [1.807, 2.05) is 27.7 Å². The first kappa shape index (κ1) is 33.8. The number of aryl methyl sites for hydroxylation is 1. The Hall–Kier alpha value is -3.08. The number of amides is 2. The van der Waals surface area contributed by atoms with Gasteiger partial charge in [-0.3, -0.25) is 9.59 Å². The number of aromatic amines is 1. The van der Waals surface area contributed by atoms with E-state index in [4.69, 9.17) is 29.6 Å². The van der Waals surface area contributed by atoms with Crippen molar-refractivity contribution in [2.24, 2.45) is 17.6 Å². The number of carbonyl (C=O) groups excluding carboxylic acids is 2. The van der Waals surface area contributed by atoms with Gasteiger partial charge >= 0.3 is 0 Å². The van der Waals surface area contributed by atoms with E-state index in [1.54, 1.807) is 12.1 Å². The number of thiocarbonyl (C=S) groups is 1. The van der Waals surface area contributed by atoms with Crippen molar-refractivity contribution in [3.8, 4) is 0 Å². The fraction of sp³-hybridized carbons (Fsp3) is 0.485. The molecule has 44 heavy (non-hydrogen) atoms. The number of hydrogen-bond donors (Lipinski definition) is 5. The van der Waals surface area contributed by atoms with Gasteiger partial charge < -0.3 is 26.7 Å². The number of rotatable bonds is 13. The molecule has 11 heteroatoms. The van der Waals surface area contributed by atoms with Crippen LogP contribution in [0.4, 0.5) is 8.78 Å². The molecule has 0 bridgehead atoms. The molecule has 1 aliphatic carbocycles. The number of aromatic nitrogens is 1. The molecule has 2 unspecified atom stereocenters. The fourth-order valence-electron chi connectivity index (χ4n) is 5.96. The molecule has 0 fully saturated rings. The predicted octanol–water partition coefficient (Wildman–Crippen LogP) is 5.51. The smallest absolute Gasteiger partial charge is 0.246 e. The Balaban J connectivity index is 1.66. The van der Waals surface area contributed by atoms with E-state index in [2.05, 4.69) is 20.9 Å². The van der Waals surface area contributed by atoms with E-state index in [0.717, 1.165) is 29.7 Å². The van der Waals surface area contributed by atoms with E-state index < -0.39 is 23.4 Å². The van der Waals surface area contributed by atoms with Crippen LogP contribution in [0.5, 0.6) is 0 Å². The Bertz CT molecular complexity index is 1510. The molecule has 3 aromatic rings. The Morgan fingerprint density at radius 1 is 1.07 bits per heavy atom. The first-order chi connectivity index (χ1) is 20.9. The summed E-state index contributed by atoms with van der Waals surface area (Å²) >= 11 is 11.7. The molecule has 2 amide bonds. The third-order valence-electron chi connectivity index (χ3n) is 9.09. The first-order valence-electron chi connectivity index (χ1n) is 15.3. The third kappa shape index (κ3) is 7.41. The number of nitrogens with two attached hydrogens (primary N) is 1. The van der Waals surface area contributed by atoms with Crippen LogP contribution in [-0.2, 0) is 28.9 Å². The maximum atomic E-state index is 14.5. The molecule has 1 aliphatic rings. The lowest BCUT2D eigenvalue weighted by atomic mass is 9.78. The molecule has 0 saturated carbocycles. The quantitative estimate of drug-likeness (QED) is 0.158. The number of carbonyl (C=O) groups is 2. The van der Waals surface area contributed by atoms with Crippen LogP contribution in [0.15, 0.2) is 36.4 Å². The SMILES string of the molecule is CCC(C)[C@H](NCCc1ccc(F)cc1)C(=O)N[C@]1(C(=O)N[C@H](C(N)=S)C(C)CC)CCc2[nH]c3c(Cl)cc(F)cc3c2C1. The van der Waals surface area contributed by atoms with Gasteiger partial charge in [0.1, 0.15) is 17.2 Å². The molecule has 1 heterocycles. The molecule has 7 nitrogen and oxygen atoms in total. The number of halogens is 3. The number of nitrogens with one attached hydrogen (secondary N) is 4. The minimum Gasteiger partial charge on any atom is -0.392 e. The number of hydrogen-bond acceptors (Lipinski definition) is 4. The van der Waals surface area contributed by atoms with Crippen LogP contribution < -0.4 is 21.7 Å². The zero-order valence-corrected chi connectivity index (χ0v) is 27.2. The minimum atomic E-state index is -1.35. The van der Waals surface area contributed by atoms with Gasteiger partial charge in [0.25, 0.3) is 0 Å². The standard InChI is InChI=1S/C33H42ClF2N5O2S/c1-5-18(3)27(30(37)44)40-32(43)33(13-11-26-24(17-33)23-15-22(36)16-25(34)29(23)39-26)41-31(42)28(19(4)6-2)38-14-12-20-7-9-21(35)10-8-20/h7-10,15-16,18-19,27-28,38-39H,5-6,11-14,17H2,1-4H3,(H2,37,44)(H,40,43)(H,41,42)/t18?,19?,27-,28-,33+/m0/s1. The molecule has 238 valence electrons. The molecule has 5 atom stereocenters. The summed E-state index contributed by atoms with van der Waals surface area (Å²) in [6.45, 7) is 8.42. The van der Waals surface area contributed by atoms with Gasteiger partial charge in [0, 0.05) is 17.5 Å². The third-order valence-corrected chi connectivity index (χ3v) is 9.64. The zero-order chi connectivity index (χ0) is 32.2. The van der Waals surface area contributed by atoms with E-state index >= 15 is 0 Å². The number of H-pyrrole nitrogens is 1. The van der Waals surface area contributed by atoms with Crippen LogP contribution in [-0.4, -0.2) is 46.0 Å². The second kappa shape index (κ2) is 14.3. The van der Waals surface area contributed by atoms with E-state index in [9.17, 15) is 18.4 Å². The van der Waals surface area contributed by atoms with Crippen LogP contribution >= 0.6 is 23.8 Å². The summed E-state index contributed by atoms with van der Waals surface area (Å²) < 4.78 is 27.8. The van der Waals surface area contributed by atoms with Crippen LogP contribution in [0.1, 0.15) is 63.8 Å². The van der Waals surface area contributed by atoms with Crippen molar-refractivity contribution in [2.75, 3.05) is 6.54 Å². The molecule has 0 spiro atoms. The van der Waals surface area contributed by atoms with Crippen molar-refractivity contribution < 1.29 is 18.4 Å². The van der Waals surface area contributed by atoms with Gasteiger partial charge in [-0.25, -0.2) is 8.78 Å². The van der Waals surface area contributed by atoms with E-state index in [0.29, 0.717) is 36.7 Å². The minimum absolute atomic E-state index is 0.0228. The summed E-state index contributed by atoms with van der Waals surface area (Å²) in [6.07, 6.45) is 2.93. The second-order valence-electron chi connectivity index (χ2n) is 12.1. The lowest BCUT2D eigenvalue weighted by Gasteiger charge is -2.40. The monoisotopic (exact) mass is 645 g/mol. The first-order valence-corrected chi connectivity index (χ1v) is 16.1. The average Bonchev–Trinajstić information content (AvgIpc) is 3.35. The van der Waals surface area contributed by atoms with Crippen molar-refractivity contribution in [1.29, 1.82) is 0 Å². The maximum Gasteiger partial charge on any atom is 0.246 e. The normalized spacial score (nSPS) is 19.1. The highest BCUT2D eigenvalue weighted by Gasteiger charge is 2.46. The Morgan fingerprint density at radius 2 is 1.73 bits per heavy atom. The van der Waals surface area contributed by atoms with Crippen molar-refractivity contribution >= 4 is 51.5 Å². The highest BCUT2D eigenvalue weighted by Crippen LogP contribution is 2.37. The molecule has 0 saturated heterocycles. The molecule has 0 aliphatic heterocycles. The second-order valence-corrected chi connectivity index (χ2v) is 13.0. The largest absolute Gasteiger partial charge is 0.392 e. The molecule has 1 aromatic heterocycles. The topological polar surface area (TPSA) is 112 Å². The number of benzene rings is 2. The van der Waals surface area contributed by atoms with Gasteiger partial charge in [-0.05, 0) is 73.0 Å². The van der Waals surface area contributed by atoms with E-state index in [-0.39, 0.29) is 45.9 Å². The van der Waals surface area contributed by atoms with Crippen LogP contribution in [0, 0.1) is 23.5 Å². The lowest BCUT2D eigenvalue weighted by Crippen LogP contribution is -2.66. The Morgan fingerprint density at radius 3 is 2.36 bits per heavy atom. The summed E-state index contributed by atoms with van der Waals surface area (Å²) in [5, 5.41) is 10.4. The average molecular weight is 646 g/mol. The molecule has 2 aromatic carbocycles. The van der Waals surface area contributed by atoms with E-state index in [1.165, 1.54) is 24.3 Å². The van der Waals surface area contributed by atoms with Gasteiger partial charge in [-0.15, -0.1) is 0 Å². The molecular weight excluding hydrogens is 604 g/mol. The Kier molecular flexibility index (Phi) is 11.0. The summed E-state index contributed by atoms with van der Waals surface area (Å²) in [6, 6.07) is 7.77. The molecule has 6 N–H and O–H groups in total. The highest BCUT2D eigenvalue weighted by atomic mass is 35.5. The van der Waals surface area contributed by atoms with Crippen LogP contribution in [0.25, 0.3) is 10.9 Å². The molecule has 4 rings (SSSR count). The highest BCUT2D eigenvalue weighted by molar-refractivity contribution is 7.80. The zero-order valence-electron chi connectivity index (χ0n) is 25.7. The van der Waals surface area contributed by atoms with Gasteiger partial charge in [0.05, 0.1) is 27.6 Å². The molecular formula is C33H42ClF2N5O2S. The van der Waals surface area contributed by atoms with Gasteiger partial charge in [-0.1, -0.05) is 76.5 Å². The summed E-state index contributed by atoms with van der Waals surface area (Å²) in [4.78, 5) is 31.9. The van der Waals surface area contributed by atoms with Gasteiger partial charge in [-0.2, -0.15) is 0 Å². The van der Waals surface area contributed by atoms with Crippen LogP contribution in [0.2, 0.25) is 5.02 Å². The summed E-state index contributed by atoms with van der Waals surface area (Å²) in [7, 11) is 0. The van der Waals surface area contributed by atoms with Crippen molar-refractivity contribution in [2.45, 2.75) is 83.8 Å². The number of fused-ring (bicyclic) bond motifs is 3. The molecule has 0 radical (unpaired) electrons. The summed E-state index contributed by atoms with van der Waals surface area (Å²) in [5.41, 5.74) is 7.84. The van der Waals surface area contributed by atoms with Crippen molar-refractivity contribution in [1.82, 2.24) is 20.9 Å². The van der Waals surface area contributed by atoms with Crippen molar-refractivity contribution in [3.05, 3.63) is 69.9 Å². The predicted molar refractivity (Wildman–Crippen MR) is 176 cm³/mol. The lowest BCUT2D eigenvalue weighted by molar-refractivity contribution is -0.136.